The maximum Gasteiger partial charge on any atom is 0.229 e. The zero-order chi connectivity index (χ0) is 21.7. The van der Waals surface area contributed by atoms with Crippen LogP contribution in [0.2, 0.25) is 0 Å². The van der Waals surface area contributed by atoms with E-state index in [1.807, 2.05) is 0 Å². The molecule has 0 aromatic heterocycles. The van der Waals surface area contributed by atoms with Gasteiger partial charge in [0.05, 0.1) is 12.2 Å². The monoisotopic (exact) mass is 416 g/mol. The van der Waals surface area contributed by atoms with Gasteiger partial charge in [0.1, 0.15) is 24.4 Å². The van der Waals surface area contributed by atoms with Gasteiger partial charge < -0.3 is 35.0 Å². The molecule has 1 fully saturated rings. The summed E-state index contributed by atoms with van der Waals surface area (Å²) in [5.41, 5.74) is 0.428. The minimum absolute atomic E-state index is 0.0218. The average molecular weight is 416 g/mol. The molecule has 1 aliphatic carbocycles. The lowest BCUT2D eigenvalue weighted by Gasteiger charge is -2.40. The molecule has 0 amide bonds. The minimum atomic E-state index is -1.75. The summed E-state index contributed by atoms with van der Waals surface area (Å²) in [6.45, 7) is 0.835. The molecule has 5 N–H and O–H groups in total. The molecule has 158 valence electrons. The lowest BCUT2D eigenvalue weighted by atomic mass is 9.82. The Labute approximate surface area is 170 Å². The first-order chi connectivity index (χ1) is 14.3. The number of aryl methyl sites for hydroxylation is 1. The van der Waals surface area contributed by atoms with Crippen LogP contribution in [-0.2, 0) is 4.74 Å². The van der Waals surface area contributed by atoms with Crippen LogP contribution in [0, 0.1) is 6.92 Å². The van der Waals surface area contributed by atoms with Crippen molar-refractivity contribution in [1.82, 2.24) is 0 Å². The number of carbonyl (C=O) groups is 2. The normalized spacial score (nSPS) is 28.1. The lowest BCUT2D eigenvalue weighted by molar-refractivity contribution is -0.277. The number of aliphatic hydroxyl groups excluding tert-OH is 4. The summed E-state index contributed by atoms with van der Waals surface area (Å²) in [4.78, 5) is 26.1. The molecule has 2 aliphatic rings. The van der Waals surface area contributed by atoms with E-state index in [2.05, 4.69) is 0 Å². The Morgan fingerprint density at radius 2 is 1.60 bits per heavy atom. The molecule has 5 unspecified atom stereocenters. The van der Waals surface area contributed by atoms with Gasteiger partial charge in [0, 0.05) is 16.7 Å². The molecule has 5 atom stereocenters. The van der Waals surface area contributed by atoms with E-state index in [1.54, 1.807) is 12.1 Å². The van der Waals surface area contributed by atoms with Crippen molar-refractivity contribution in [3.8, 4) is 11.5 Å². The Morgan fingerprint density at radius 1 is 0.967 bits per heavy atom. The largest absolute Gasteiger partial charge is 0.504 e. The molecule has 1 heterocycles. The highest BCUT2D eigenvalue weighted by Gasteiger charge is 2.46. The number of phenols is 1. The molecular formula is C21H20O9. The van der Waals surface area contributed by atoms with Crippen LogP contribution in [0.1, 0.15) is 37.4 Å². The average Bonchev–Trinajstić information content (AvgIpc) is 2.75. The highest BCUT2D eigenvalue weighted by atomic mass is 16.7. The zero-order valence-electron chi connectivity index (χ0n) is 15.8. The van der Waals surface area contributed by atoms with Crippen molar-refractivity contribution >= 4 is 11.6 Å². The molecule has 9 heteroatoms. The van der Waals surface area contributed by atoms with Crippen LogP contribution in [-0.4, -0.2) is 74.4 Å². The number of phenolic OH excluding ortho intramolecular Hbond substituents is 1. The van der Waals surface area contributed by atoms with Gasteiger partial charge in [0.15, 0.2) is 23.1 Å². The number of aliphatic hydroxyl groups is 4. The second kappa shape index (κ2) is 7.46. The Balaban J connectivity index is 1.81. The SMILES string of the molecule is Cc1cc2c(c(OC3OC(CO)C(O)C(O)C3O)c1O)C(=O)c1ccccc1C2=O. The molecule has 2 aromatic rings. The predicted octanol–water partition coefficient (Wildman–Crippen LogP) is -0.345. The Bertz CT molecular complexity index is 1030. The third kappa shape index (κ3) is 2.99. The van der Waals surface area contributed by atoms with Crippen molar-refractivity contribution in [1.29, 1.82) is 0 Å². The van der Waals surface area contributed by atoms with E-state index in [0.717, 1.165) is 0 Å². The van der Waals surface area contributed by atoms with E-state index in [0.29, 0.717) is 0 Å². The summed E-state index contributed by atoms with van der Waals surface area (Å²) < 4.78 is 10.9. The van der Waals surface area contributed by atoms with E-state index >= 15 is 0 Å². The fourth-order valence-corrected chi connectivity index (χ4v) is 3.74. The first kappa shape index (κ1) is 20.5. The van der Waals surface area contributed by atoms with Gasteiger partial charge in [-0.1, -0.05) is 24.3 Å². The molecular weight excluding hydrogens is 396 g/mol. The standard InChI is InChI=1S/C21H20O9/c1-8-6-11-13(16(25)10-5-3-2-4-9(10)15(11)24)20(14(8)23)30-21-19(28)18(27)17(26)12(7-22)29-21/h2-6,12,17-19,21-23,26-28H,7H2,1H3. The van der Waals surface area contributed by atoms with Gasteiger partial charge in [0.25, 0.3) is 0 Å². The van der Waals surface area contributed by atoms with E-state index in [-0.39, 0.29) is 33.6 Å². The molecule has 0 bridgehead atoms. The van der Waals surface area contributed by atoms with E-state index < -0.39 is 54.6 Å². The Kier molecular flexibility index (Phi) is 5.08. The number of aromatic hydroxyl groups is 1. The summed E-state index contributed by atoms with van der Waals surface area (Å²) in [5, 5.41) is 50.1. The number of hydrogen-bond donors (Lipinski definition) is 5. The molecule has 0 saturated carbocycles. The summed E-state index contributed by atoms with van der Waals surface area (Å²) in [7, 11) is 0. The van der Waals surface area contributed by atoms with Crippen LogP contribution in [0.3, 0.4) is 0 Å². The molecule has 9 nitrogen and oxygen atoms in total. The topological polar surface area (TPSA) is 154 Å². The Hall–Kier alpha value is -2.82. The predicted molar refractivity (Wildman–Crippen MR) is 101 cm³/mol. The Morgan fingerprint density at radius 3 is 2.23 bits per heavy atom. The zero-order valence-corrected chi connectivity index (χ0v) is 15.8. The third-order valence-corrected chi connectivity index (χ3v) is 5.42. The van der Waals surface area contributed by atoms with Gasteiger partial charge in [-0.15, -0.1) is 0 Å². The summed E-state index contributed by atoms with van der Waals surface area (Å²) in [6, 6.07) is 7.61. The van der Waals surface area contributed by atoms with Gasteiger partial charge in [-0.2, -0.15) is 0 Å². The maximum atomic E-state index is 13.1. The highest BCUT2D eigenvalue weighted by molar-refractivity contribution is 6.29. The first-order valence-electron chi connectivity index (χ1n) is 9.28. The smallest absolute Gasteiger partial charge is 0.229 e. The van der Waals surface area contributed by atoms with Gasteiger partial charge >= 0.3 is 0 Å². The second-order valence-corrected chi connectivity index (χ2v) is 7.31. The van der Waals surface area contributed by atoms with E-state index in [9.17, 15) is 35.1 Å². The number of hydrogen-bond acceptors (Lipinski definition) is 9. The van der Waals surface area contributed by atoms with Crippen molar-refractivity contribution in [2.75, 3.05) is 6.61 Å². The van der Waals surface area contributed by atoms with Crippen LogP contribution in [0.4, 0.5) is 0 Å². The lowest BCUT2D eigenvalue weighted by Crippen LogP contribution is -2.60. The van der Waals surface area contributed by atoms with E-state index in [4.69, 9.17) is 9.47 Å². The highest BCUT2D eigenvalue weighted by Crippen LogP contribution is 2.42. The van der Waals surface area contributed by atoms with Crippen LogP contribution in [0.15, 0.2) is 30.3 Å². The van der Waals surface area contributed by atoms with Crippen molar-refractivity contribution < 1.29 is 44.6 Å². The molecule has 30 heavy (non-hydrogen) atoms. The van der Waals surface area contributed by atoms with E-state index in [1.165, 1.54) is 25.1 Å². The second-order valence-electron chi connectivity index (χ2n) is 7.31. The van der Waals surface area contributed by atoms with Crippen LogP contribution in [0.5, 0.6) is 11.5 Å². The third-order valence-electron chi connectivity index (χ3n) is 5.42. The molecule has 2 aromatic carbocycles. The molecule has 0 spiro atoms. The molecule has 1 saturated heterocycles. The summed E-state index contributed by atoms with van der Waals surface area (Å²) in [5.74, 6) is -1.81. The maximum absolute atomic E-state index is 13.1. The van der Waals surface area contributed by atoms with Crippen molar-refractivity contribution in [3.63, 3.8) is 0 Å². The number of rotatable bonds is 3. The fourth-order valence-electron chi connectivity index (χ4n) is 3.74. The van der Waals surface area contributed by atoms with Gasteiger partial charge in [0.2, 0.25) is 6.29 Å². The fraction of sp³-hybridized carbons (Fsp3) is 0.333. The minimum Gasteiger partial charge on any atom is -0.504 e. The van der Waals surface area contributed by atoms with Crippen LogP contribution >= 0.6 is 0 Å². The number of ether oxygens (including phenoxy) is 2. The summed E-state index contributed by atoms with van der Waals surface area (Å²) >= 11 is 0. The van der Waals surface area contributed by atoms with Crippen molar-refractivity contribution in [2.24, 2.45) is 0 Å². The van der Waals surface area contributed by atoms with Gasteiger partial charge in [-0.05, 0) is 18.6 Å². The molecule has 4 rings (SSSR count). The molecule has 1 aliphatic heterocycles. The van der Waals surface area contributed by atoms with Crippen LogP contribution in [0.25, 0.3) is 0 Å². The van der Waals surface area contributed by atoms with Crippen molar-refractivity contribution in [3.05, 3.63) is 58.1 Å². The van der Waals surface area contributed by atoms with Crippen LogP contribution < -0.4 is 4.74 Å². The van der Waals surface area contributed by atoms with Gasteiger partial charge in [-0.25, -0.2) is 0 Å². The molecule has 0 radical (unpaired) electrons. The number of carbonyl (C=O) groups excluding carboxylic acids is 2. The van der Waals surface area contributed by atoms with Gasteiger partial charge in [-0.3, -0.25) is 9.59 Å². The number of ketones is 2. The number of fused-ring (bicyclic) bond motifs is 2. The number of benzene rings is 2. The summed E-state index contributed by atoms with van der Waals surface area (Å²) in [6.07, 6.45) is -7.92. The quantitative estimate of drug-likeness (QED) is 0.386. The first-order valence-corrected chi connectivity index (χ1v) is 9.28. The van der Waals surface area contributed by atoms with Crippen molar-refractivity contribution in [2.45, 2.75) is 37.6 Å².